The van der Waals surface area contributed by atoms with Crippen LogP contribution in [0.4, 0.5) is 8.78 Å². The molecule has 0 amide bonds. The van der Waals surface area contributed by atoms with Crippen molar-refractivity contribution in [1.29, 1.82) is 0 Å². The highest BCUT2D eigenvalue weighted by atomic mass is 32.2. The molecule has 1 aliphatic rings. The predicted molar refractivity (Wildman–Crippen MR) is 69.4 cm³/mol. The van der Waals surface area contributed by atoms with Crippen LogP contribution >= 0.6 is 0 Å². The molecule has 0 atom stereocenters. The van der Waals surface area contributed by atoms with Crippen LogP contribution in [0.25, 0.3) is 0 Å². The van der Waals surface area contributed by atoms with E-state index in [1.807, 2.05) is 13.8 Å². The van der Waals surface area contributed by atoms with E-state index in [-0.39, 0.29) is 24.1 Å². The monoisotopic (exact) mass is 305 g/mol. The Morgan fingerprint density at radius 3 is 2.50 bits per heavy atom. The lowest BCUT2D eigenvalue weighted by Crippen LogP contribution is -2.31. The molecular weight excluding hydrogens is 288 g/mol. The van der Waals surface area contributed by atoms with Gasteiger partial charge < -0.3 is 5.11 Å². The predicted octanol–water partition coefficient (Wildman–Crippen LogP) is 1.88. The second kappa shape index (κ2) is 5.05. The first-order valence-corrected chi connectivity index (χ1v) is 7.70. The first-order valence-electron chi connectivity index (χ1n) is 6.26. The van der Waals surface area contributed by atoms with E-state index < -0.39 is 33.2 Å². The number of halogens is 2. The summed E-state index contributed by atoms with van der Waals surface area (Å²) in [5.74, 6) is -2.67. The van der Waals surface area contributed by atoms with Crippen LogP contribution in [0.5, 0.6) is 0 Å². The van der Waals surface area contributed by atoms with Gasteiger partial charge in [-0.05, 0) is 29.5 Å². The van der Waals surface area contributed by atoms with Crippen LogP contribution in [0.15, 0.2) is 17.0 Å². The van der Waals surface area contributed by atoms with Crippen molar-refractivity contribution in [2.75, 3.05) is 13.1 Å². The van der Waals surface area contributed by atoms with Gasteiger partial charge in [-0.15, -0.1) is 0 Å². The molecule has 0 radical (unpaired) electrons. The average Bonchev–Trinajstić information content (AvgIpc) is 2.73. The molecule has 0 bridgehead atoms. The Morgan fingerprint density at radius 1 is 1.35 bits per heavy atom. The highest BCUT2D eigenvalue weighted by Crippen LogP contribution is 2.34. The van der Waals surface area contributed by atoms with Crippen LogP contribution in [-0.4, -0.2) is 30.9 Å². The first-order chi connectivity index (χ1) is 9.17. The second-order valence-corrected chi connectivity index (χ2v) is 7.71. The molecule has 0 aliphatic carbocycles. The van der Waals surface area contributed by atoms with E-state index in [1.165, 1.54) is 0 Å². The maximum Gasteiger partial charge on any atom is 0.246 e. The number of aliphatic hydroxyl groups excluding tert-OH is 1. The number of nitrogens with zero attached hydrogens (tertiary/aromatic N) is 1. The summed E-state index contributed by atoms with van der Waals surface area (Å²) in [6.45, 7) is 3.83. The van der Waals surface area contributed by atoms with Crippen molar-refractivity contribution in [2.45, 2.75) is 31.8 Å². The van der Waals surface area contributed by atoms with Crippen molar-refractivity contribution >= 4 is 10.0 Å². The van der Waals surface area contributed by atoms with E-state index in [1.54, 1.807) is 0 Å². The standard InChI is InChI=1S/C13H17F2NO3S/c1-13(2)3-4-16(8-13)20(18,19)11-6-9(7-17)5-10(14)12(11)15/h5-6,17H,3-4,7-8H2,1-2H3. The second-order valence-electron chi connectivity index (χ2n) is 5.80. The summed E-state index contributed by atoms with van der Waals surface area (Å²) in [5.41, 5.74) is -0.155. The normalized spacial score (nSPS) is 19.4. The van der Waals surface area contributed by atoms with Gasteiger partial charge in [-0.25, -0.2) is 17.2 Å². The minimum Gasteiger partial charge on any atom is -0.392 e. The zero-order valence-electron chi connectivity index (χ0n) is 11.4. The van der Waals surface area contributed by atoms with E-state index in [9.17, 15) is 17.2 Å². The summed E-state index contributed by atoms with van der Waals surface area (Å²) >= 11 is 0. The lowest BCUT2D eigenvalue weighted by atomic mass is 9.93. The van der Waals surface area contributed by atoms with Crippen molar-refractivity contribution in [3.05, 3.63) is 29.3 Å². The summed E-state index contributed by atoms with van der Waals surface area (Å²) in [6, 6.07) is 1.78. The fourth-order valence-corrected chi connectivity index (χ4v) is 4.06. The molecule has 1 aromatic rings. The molecule has 1 fully saturated rings. The molecule has 0 unspecified atom stereocenters. The maximum absolute atomic E-state index is 13.8. The van der Waals surface area contributed by atoms with Gasteiger partial charge in [0.05, 0.1) is 6.61 Å². The van der Waals surface area contributed by atoms with Gasteiger partial charge in [0.25, 0.3) is 0 Å². The Hall–Kier alpha value is -1.05. The molecule has 0 spiro atoms. The van der Waals surface area contributed by atoms with E-state index >= 15 is 0 Å². The van der Waals surface area contributed by atoms with Gasteiger partial charge >= 0.3 is 0 Å². The van der Waals surface area contributed by atoms with Crippen LogP contribution in [0.3, 0.4) is 0 Å². The topological polar surface area (TPSA) is 57.6 Å². The molecular formula is C13H17F2NO3S. The van der Waals surface area contributed by atoms with Crippen molar-refractivity contribution in [3.63, 3.8) is 0 Å². The van der Waals surface area contributed by atoms with Crippen molar-refractivity contribution in [3.8, 4) is 0 Å². The highest BCUT2D eigenvalue weighted by Gasteiger charge is 2.38. The fraction of sp³-hybridized carbons (Fsp3) is 0.538. The van der Waals surface area contributed by atoms with Crippen LogP contribution in [0.2, 0.25) is 0 Å². The van der Waals surface area contributed by atoms with Gasteiger partial charge in [-0.3, -0.25) is 0 Å². The number of rotatable bonds is 3. The Bertz CT molecular complexity index is 629. The molecule has 1 aliphatic heterocycles. The van der Waals surface area contributed by atoms with E-state index in [4.69, 9.17) is 5.11 Å². The van der Waals surface area contributed by atoms with Crippen LogP contribution in [0, 0.1) is 17.0 Å². The molecule has 1 N–H and O–H groups in total. The molecule has 2 rings (SSSR count). The first kappa shape index (κ1) is 15.3. The Morgan fingerprint density at radius 2 is 2.00 bits per heavy atom. The summed E-state index contributed by atoms with van der Waals surface area (Å²) in [5, 5.41) is 8.99. The molecule has 0 saturated carbocycles. The Kier molecular flexibility index (Phi) is 3.88. The van der Waals surface area contributed by atoms with Crippen molar-refractivity contribution in [1.82, 2.24) is 4.31 Å². The number of aliphatic hydroxyl groups is 1. The largest absolute Gasteiger partial charge is 0.392 e. The van der Waals surface area contributed by atoms with Crippen LogP contribution in [-0.2, 0) is 16.6 Å². The smallest absolute Gasteiger partial charge is 0.246 e. The molecule has 112 valence electrons. The van der Waals surface area contributed by atoms with Crippen LogP contribution < -0.4 is 0 Å². The minimum absolute atomic E-state index is 0.0286. The van der Waals surface area contributed by atoms with E-state index in [0.717, 1.165) is 16.4 Å². The van der Waals surface area contributed by atoms with Gasteiger partial charge in [0.15, 0.2) is 11.6 Å². The number of benzene rings is 1. The highest BCUT2D eigenvalue weighted by molar-refractivity contribution is 7.89. The summed E-state index contributed by atoms with van der Waals surface area (Å²) < 4.78 is 53.2. The van der Waals surface area contributed by atoms with Gasteiger partial charge in [-0.1, -0.05) is 13.8 Å². The Balaban J connectivity index is 2.47. The number of hydrogen-bond acceptors (Lipinski definition) is 3. The van der Waals surface area contributed by atoms with Crippen molar-refractivity contribution in [2.24, 2.45) is 5.41 Å². The maximum atomic E-state index is 13.8. The molecule has 1 heterocycles. The summed E-state index contributed by atoms with van der Waals surface area (Å²) in [6.07, 6.45) is 0.663. The summed E-state index contributed by atoms with van der Waals surface area (Å²) in [7, 11) is -4.09. The molecule has 4 nitrogen and oxygen atoms in total. The van der Waals surface area contributed by atoms with E-state index in [0.29, 0.717) is 6.42 Å². The third-order valence-corrected chi connectivity index (χ3v) is 5.34. The number of hydrogen-bond donors (Lipinski definition) is 1. The quantitative estimate of drug-likeness (QED) is 0.927. The van der Waals surface area contributed by atoms with E-state index in [2.05, 4.69) is 0 Å². The minimum atomic E-state index is -4.09. The van der Waals surface area contributed by atoms with Crippen molar-refractivity contribution < 1.29 is 22.3 Å². The molecule has 1 aromatic carbocycles. The van der Waals surface area contributed by atoms with Gasteiger partial charge in [0.1, 0.15) is 4.90 Å². The zero-order chi connectivity index (χ0) is 15.1. The Labute approximate surface area is 117 Å². The van der Waals surface area contributed by atoms with Gasteiger partial charge in [0.2, 0.25) is 10.0 Å². The van der Waals surface area contributed by atoms with Gasteiger partial charge in [-0.2, -0.15) is 4.31 Å². The zero-order valence-corrected chi connectivity index (χ0v) is 12.2. The molecule has 1 saturated heterocycles. The SMILES string of the molecule is CC1(C)CCN(S(=O)(=O)c2cc(CO)cc(F)c2F)C1. The summed E-state index contributed by atoms with van der Waals surface area (Å²) in [4.78, 5) is -0.709. The third kappa shape index (κ3) is 2.70. The van der Waals surface area contributed by atoms with Gasteiger partial charge in [0, 0.05) is 13.1 Å². The molecule has 20 heavy (non-hydrogen) atoms. The lowest BCUT2D eigenvalue weighted by Gasteiger charge is -2.20. The number of sulfonamides is 1. The van der Waals surface area contributed by atoms with Crippen LogP contribution in [0.1, 0.15) is 25.8 Å². The third-order valence-electron chi connectivity index (χ3n) is 3.50. The average molecular weight is 305 g/mol. The molecule has 7 heteroatoms. The lowest BCUT2D eigenvalue weighted by molar-refractivity contribution is 0.280. The fourth-order valence-electron chi connectivity index (χ4n) is 2.30. The molecule has 0 aromatic heterocycles.